The Morgan fingerprint density at radius 2 is 2.36 bits per heavy atom. The summed E-state index contributed by atoms with van der Waals surface area (Å²) in [5.41, 5.74) is 0. The second-order valence-electron chi connectivity index (χ2n) is 1.90. The molecule has 64 valence electrons. The van der Waals surface area contributed by atoms with Crippen LogP contribution < -0.4 is 0 Å². The number of carbonyl (C=O) groups is 1. The van der Waals surface area contributed by atoms with Crippen LogP contribution in [-0.2, 0) is 14.3 Å². The topological polar surface area (TPSA) is 55.8 Å². The van der Waals surface area contributed by atoms with Gasteiger partial charge in [0.2, 0.25) is 0 Å². The van der Waals surface area contributed by atoms with Gasteiger partial charge in [0, 0.05) is 19.6 Å². The van der Waals surface area contributed by atoms with Crippen molar-refractivity contribution in [2.24, 2.45) is 0 Å². The highest BCUT2D eigenvalue weighted by Gasteiger charge is 2.27. The van der Waals surface area contributed by atoms with Gasteiger partial charge in [-0.15, -0.1) is 0 Å². The zero-order valence-corrected chi connectivity index (χ0v) is 6.66. The van der Waals surface area contributed by atoms with E-state index < -0.39 is 11.9 Å². The molecule has 0 saturated heterocycles. The molecule has 0 rings (SSSR count). The molecule has 0 aliphatic heterocycles. The highest BCUT2D eigenvalue weighted by Crippen LogP contribution is 2.12. The molecule has 0 aromatic carbocycles. The van der Waals surface area contributed by atoms with Crippen LogP contribution in [0.4, 0.5) is 0 Å². The molecule has 0 radical (unpaired) electrons. The van der Waals surface area contributed by atoms with Crippen LogP contribution in [0.25, 0.3) is 0 Å². The molecule has 0 spiro atoms. The van der Waals surface area contributed by atoms with Crippen LogP contribution in [0, 0.1) is 0 Å². The molecule has 1 atom stereocenters. The number of methoxy groups -OCH3 is 1. The molecule has 0 bridgehead atoms. The first-order valence-electron chi connectivity index (χ1n) is 3.21. The standard InChI is InChI=1S/C7H12O4/c1-4-6(8)11-7(9,5-2)10-3/h4,9H,1,5H2,2-3H3. The predicted molar refractivity (Wildman–Crippen MR) is 38.5 cm³/mol. The molecule has 0 fully saturated rings. The second kappa shape index (κ2) is 4.10. The number of aliphatic hydroxyl groups is 1. The lowest BCUT2D eigenvalue weighted by molar-refractivity contribution is -0.330. The van der Waals surface area contributed by atoms with Gasteiger partial charge >= 0.3 is 11.9 Å². The molecular formula is C7H12O4. The molecular weight excluding hydrogens is 148 g/mol. The van der Waals surface area contributed by atoms with Gasteiger partial charge in [-0.05, 0) is 0 Å². The summed E-state index contributed by atoms with van der Waals surface area (Å²) in [5, 5.41) is 9.22. The Bertz CT molecular complexity index is 149. The van der Waals surface area contributed by atoms with Crippen LogP contribution in [0.2, 0.25) is 0 Å². The van der Waals surface area contributed by atoms with Crippen molar-refractivity contribution in [1.29, 1.82) is 0 Å². The zero-order chi connectivity index (χ0) is 8.91. The van der Waals surface area contributed by atoms with Crippen LogP contribution in [0.5, 0.6) is 0 Å². The third kappa shape index (κ3) is 3.15. The fourth-order valence-electron chi connectivity index (χ4n) is 0.457. The summed E-state index contributed by atoms with van der Waals surface area (Å²) < 4.78 is 8.99. The van der Waals surface area contributed by atoms with Crippen molar-refractivity contribution in [2.45, 2.75) is 19.3 Å². The lowest BCUT2D eigenvalue weighted by Gasteiger charge is -2.23. The molecule has 0 saturated carbocycles. The van der Waals surface area contributed by atoms with Crippen LogP contribution in [0.1, 0.15) is 13.3 Å². The van der Waals surface area contributed by atoms with Crippen LogP contribution in [-0.4, -0.2) is 24.2 Å². The van der Waals surface area contributed by atoms with Crippen molar-refractivity contribution in [1.82, 2.24) is 0 Å². The van der Waals surface area contributed by atoms with E-state index in [-0.39, 0.29) is 6.42 Å². The summed E-state index contributed by atoms with van der Waals surface area (Å²) >= 11 is 0. The molecule has 0 aromatic heterocycles. The maximum atomic E-state index is 10.6. The summed E-state index contributed by atoms with van der Waals surface area (Å²) in [6.07, 6.45) is 1.13. The van der Waals surface area contributed by atoms with Gasteiger partial charge in [-0.1, -0.05) is 13.5 Å². The molecule has 0 amide bonds. The van der Waals surface area contributed by atoms with Crippen LogP contribution >= 0.6 is 0 Å². The molecule has 11 heavy (non-hydrogen) atoms. The lowest BCUT2D eigenvalue weighted by Crippen LogP contribution is -2.35. The molecule has 0 heterocycles. The van der Waals surface area contributed by atoms with E-state index in [0.717, 1.165) is 6.08 Å². The average molecular weight is 160 g/mol. The van der Waals surface area contributed by atoms with Crippen LogP contribution in [0.15, 0.2) is 12.7 Å². The van der Waals surface area contributed by atoms with E-state index in [1.54, 1.807) is 6.92 Å². The van der Waals surface area contributed by atoms with Crippen molar-refractivity contribution < 1.29 is 19.4 Å². The third-order valence-corrected chi connectivity index (χ3v) is 1.19. The first kappa shape index (κ1) is 10.1. The van der Waals surface area contributed by atoms with Gasteiger partial charge in [0.05, 0.1) is 0 Å². The van der Waals surface area contributed by atoms with Crippen molar-refractivity contribution in [3.63, 3.8) is 0 Å². The molecule has 4 nitrogen and oxygen atoms in total. The van der Waals surface area contributed by atoms with E-state index in [2.05, 4.69) is 16.1 Å². The number of rotatable bonds is 4. The molecule has 1 unspecified atom stereocenters. The normalized spacial score (nSPS) is 15.2. The molecule has 4 heteroatoms. The monoisotopic (exact) mass is 160 g/mol. The maximum absolute atomic E-state index is 10.6. The number of hydrogen-bond acceptors (Lipinski definition) is 4. The van der Waals surface area contributed by atoms with Crippen LogP contribution in [0.3, 0.4) is 0 Å². The minimum atomic E-state index is -1.81. The maximum Gasteiger partial charge on any atom is 0.334 e. The Balaban J connectivity index is 4.06. The van der Waals surface area contributed by atoms with E-state index in [0.29, 0.717) is 0 Å². The fourth-order valence-corrected chi connectivity index (χ4v) is 0.457. The highest BCUT2D eigenvalue weighted by atomic mass is 16.8. The first-order valence-corrected chi connectivity index (χ1v) is 3.21. The van der Waals surface area contributed by atoms with Crippen molar-refractivity contribution in [3.05, 3.63) is 12.7 Å². The molecule has 1 N–H and O–H groups in total. The Kier molecular flexibility index (Phi) is 3.78. The van der Waals surface area contributed by atoms with Crippen molar-refractivity contribution in [2.75, 3.05) is 7.11 Å². The van der Waals surface area contributed by atoms with Gasteiger partial charge < -0.3 is 14.6 Å². The Morgan fingerprint density at radius 1 is 1.82 bits per heavy atom. The number of ether oxygens (including phenoxy) is 2. The minimum absolute atomic E-state index is 0.170. The Hall–Kier alpha value is -0.870. The molecule has 0 aliphatic rings. The van der Waals surface area contributed by atoms with Gasteiger partial charge in [-0.3, -0.25) is 0 Å². The summed E-state index contributed by atoms with van der Waals surface area (Å²) in [6.45, 7) is 4.80. The Morgan fingerprint density at radius 3 is 2.64 bits per heavy atom. The SMILES string of the molecule is C=CC(=O)OC(O)(CC)OC. The van der Waals surface area contributed by atoms with Gasteiger partial charge in [-0.25, -0.2) is 4.79 Å². The van der Waals surface area contributed by atoms with E-state index in [1.165, 1.54) is 7.11 Å². The van der Waals surface area contributed by atoms with Gasteiger partial charge in [0.25, 0.3) is 0 Å². The summed E-state index contributed by atoms with van der Waals surface area (Å²) in [6, 6.07) is 0. The largest absolute Gasteiger partial charge is 0.405 e. The smallest absolute Gasteiger partial charge is 0.334 e. The Labute approximate surface area is 65.4 Å². The summed E-state index contributed by atoms with van der Waals surface area (Å²) in [7, 11) is 1.25. The highest BCUT2D eigenvalue weighted by molar-refractivity contribution is 5.81. The fraction of sp³-hybridized carbons (Fsp3) is 0.571. The second-order valence-corrected chi connectivity index (χ2v) is 1.90. The quantitative estimate of drug-likeness (QED) is 0.368. The van der Waals surface area contributed by atoms with Crippen molar-refractivity contribution >= 4 is 5.97 Å². The number of carbonyl (C=O) groups excluding carboxylic acids is 1. The molecule has 0 aliphatic carbocycles. The lowest BCUT2D eigenvalue weighted by atomic mass is 10.4. The predicted octanol–water partition coefficient (Wildman–Crippen LogP) is 0.418. The van der Waals surface area contributed by atoms with Crippen molar-refractivity contribution in [3.8, 4) is 0 Å². The van der Waals surface area contributed by atoms with Gasteiger partial charge in [0.15, 0.2) is 0 Å². The zero-order valence-electron chi connectivity index (χ0n) is 6.66. The number of esters is 1. The third-order valence-electron chi connectivity index (χ3n) is 1.19. The minimum Gasteiger partial charge on any atom is -0.405 e. The molecule has 0 aromatic rings. The van der Waals surface area contributed by atoms with Gasteiger partial charge in [-0.2, -0.15) is 0 Å². The average Bonchev–Trinajstić information content (AvgIpc) is 2.04. The van der Waals surface area contributed by atoms with Gasteiger partial charge in [0.1, 0.15) is 0 Å². The van der Waals surface area contributed by atoms with E-state index in [4.69, 9.17) is 0 Å². The van der Waals surface area contributed by atoms with E-state index >= 15 is 0 Å². The first-order chi connectivity index (χ1) is 5.08. The summed E-state index contributed by atoms with van der Waals surface area (Å²) in [5.74, 6) is -2.53. The summed E-state index contributed by atoms with van der Waals surface area (Å²) in [4.78, 5) is 10.6. The number of hydrogen-bond donors (Lipinski definition) is 1. The van der Waals surface area contributed by atoms with E-state index in [9.17, 15) is 9.90 Å². The van der Waals surface area contributed by atoms with E-state index in [1.807, 2.05) is 0 Å².